The van der Waals surface area contributed by atoms with Gasteiger partial charge in [0.05, 0.1) is 29.8 Å². The Morgan fingerprint density at radius 2 is 1.88 bits per heavy atom. The van der Waals surface area contributed by atoms with Crippen LogP contribution < -0.4 is 14.9 Å². The standard InChI is InChI=1S/C23H29FN4O4S/c1-15-12-28(13-16(2)32-15)22-8-7-18(11-20(22)24)25-23(29)27-10-9-19-17(14-27)5-4-6-21(19)26-33(3,30)31/h4-8,11,15-16,26H,9-10,12-14H2,1-3H3,(H,25,29)/t15-,16-/m1/s1. The number of fused-ring (bicyclic) bond motifs is 1. The van der Waals surface area contributed by atoms with E-state index in [-0.39, 0.29) is 18.2 Å². The summed E-state index contributed by atoms with van der Waals surface area (Å²) in [6, 6.07) is 9.75. The van der Waals surface area contributed by atoms with Gasteiger partial charge in [-0.3, -0.25) is 4.72 Å². The van der Waals surface area contributed by atoms with E-state index in [2.05, 4.69) is 10.0 Å². The Bertz CT molecular complexity index is 1150. The van der Waals surface area contributed by atoms with Gasteiger partial charge in [-0.1, -0.05) is 12.1 Å². The van der Waals surface area contributed by atoms with Crippen LogP contribution in [0.3, 0.4) is 0 Å². The highest BCUT2D eigenvalue weighted by atomic mass is 32.2. The van der Waals surface area contributed by atoms with E-state index in [1.807, 2.05) is 24.8 Å². The molecule has 1 fully saturated rings. The molecule has 2 aromatic carbocycles. The van der Waals surface area contributed by atoms with Crippen LogP contribution in [0.4, 0.5) is 26.2 Å². The summed E-state index contributed by atoms with van der Waals surface area (Å²) in [4.78, 5) is 16.4. The first-order valence-electron chi connectivity index (χ1n) is 10.9. The Kier molecular flexibility index (Phi) is 6.49. The summed E-state index contributed by atoms with van der Waals surface area (Å²) < 4.78 is 46.4. The number of hydrogen-bond acceptors (Lipinski definition) is 5. The molecule has 0 bridgehead atoms. The molecule has 2 N–H and O–H groups in total. The number of benzene rings is 2. The minimum Gasteiger partial charge on any atom is -0.372 e. The molecule has 2 aliphatic rings. The minimum absolute atomic E-state index is 0.0164. The maximum atomic E-state index is 14.9. The summed E-state index contributed by atoms with van der Waals surface area (Å²) in [6.45, 7) is 5.90. The summed E-state index contributed by atoms with van der Waals surface area (Å²) in [5.74, 6) is -0.394. The number of anilines is 3. The SMILES string of the molecule is C[C@@H]1CN(c2ccc(NC(=O)N3CCc4c(cccc4NS(C)(=O)=O)C3)cc2F)C[C@@H](C)O1. The van der Waals surface area contributed by atoms with E-state index in [0.29, 0.717) is 49.7 Å². The van der Waals surface area contributed by atoms with Crippen LogP contribution in [0.5, 0.6) is 0 Å². The van der Waals surface area contributed by atoms with E-state index in [4.69, 9.17) is 4.74 Å². The number of carbonyl (C=O) groups is 1. The zero-order valence-corrected chi connectivity index (χ0v) is 19.8. The first-order valence-corrected chi connectivity index (χ1v) is 12.8. The van der Waals surface area contributed by atoms with Crippen LogP contribution in [0, 0.1) is 5.82 Å². The fourth-order valence-corrected chi connectivity index (χ4v) is 5.09. The van der Waals surface area contributed by atoms with Gasteiger partial charge >= 0.3 is 6.03 Å². The number of urea groups is 1. The van der Waals surface area contributed by atoms with E-state index in [9.17, 15) is 17.6 Å². The van der Waals surface area contributed by atoms with Crippen LogP contribution >= 0.6 is 0 Å². The van der Waals surface area contributed by atoms with Gasteiger partial charge in [-0.15, -0.1) is 0 Å². The summed E-state index contributed by atoms with van der Waals surface area (Å²) in [6.07, 6.45) is 1.66. The van der Waals surface area contributed by atoms with E-state index in [1.54, 1.807) is 29.2 Å². The van der Waals surface area contributed by atoms with Crippen molar-refractivity contribution in [3.63, 3.8) is 0 Å². The summed E-state index contributed by atoms with van der Waals surface area (Å²) >= 11 is 0. The van der Waals surface area contributed by atoms with Crippen molar-refractivity contribution in [3.8, 4) is 0 Å². The molecule has 0 saturated carbocycles. The van der Waals surface area contributed by atoms with Crippen molar-refractivity contribution in [3.05, 3.63) is 53.3 Å². The first kappa shape index (κ1) is 23.3. The molecule has 2 amide bonds. The average Bonchev–Trinajstić information content (AvgIpc) is 2.72. The second-order valence-corrected chi connectivity index (χ2v) is 10.5. The Hall–Kier alpha value is -2.85. The average molecular weight is 477 g/mol. The maximum absolute atomic E-state index is 14.9. The van der Waals surface area contributed by atoms with E-state index in [0.717, 1.165) is 17.4 Å². The smallest absolute Gasteiger partial charge is 0.322 e. The van der Waals surface area contributed by atoms with Crippen molar-refractivity contribution in [1.82, 2.24) is 4.90 Å². The highest BCUT2D eigenvalue weighted by Gasteiger charge is 2.26. The maximum Gasteiger partial charge on any atom is 0.322 e. The van der Waals surface area contributed by atoms with E-state index >= 15 is 0 Å². The lowest BCUT2D eigenvalue weighted by Gasteiger charge is -2.37. The van der Waals surface area contributed by atoms with Gasteiger partial charge in [-0.05, 0) is 55.7 Å². The quantitative estimate of drug-likeness (QED) is 0.706. The molecule has 10 heteroatoms. The van der Waals surface area contributed by atoms with Crippen LogP contribution in [0.2, 0.25) is 0 Å². The van der Waals surface area contributed by atoms with E-state index < -0.39 is 15.8 Å². The molecule has 0 spiro atoms. The third-order valence-electron chi connectivity index (χ3n) is 5.81. The molecule has 0 aromatic heterocycles. The number of halogens is 1. The lowest BCUT2D eigenvalue weighted by Crippen LogP contribution is -2.45. The van der Waals surface area contributed by atoms with Gasteiger partial charge in [0.2, 0.25) is 10.0 Å². The van der Waals surface area contributed by atoms with Gasteiger partial charge in [-0.2, -0.15) is 0 Å². The van der Waals surface area contributed by atoms with Gasteiger partial charge < -0.3 is 19.9 Å². The summed E-state index contributed by atoms with van der Waals surface area (Å²) in [7, 11) is -3.39. The molecule has 2 aliphatic heterocycles. The Morgan fingerprint density at radius 3 is 2.55 bits per heavy atom. The van der Waals surface area contributed by atoms with Crippen molar-refractivity contribution in [2.24, 2.45) is 0 Å². The Labute approximate surface area is 193 Å². The number of sulfonamides is 1. The second kappa shape index (κ2) is 9.18. The van der Waals surface area contributed by atoms with Crippen LogP contribution in [0.15, 0.2) is 36.4 Å². The molecular formula is C23H29FN4O4S. The molecule has 2 heterocycles. The van der Waals surface area contributed by atoms with E-state index in [1.165, 1.54) is 6.07 Å². The topological polar surface area (TPSA) is 91.0 Å². The predicted octanol–water partition coefficient (Wildman–Crippen LogP) is 3.40. The Balaban J connectivity index is 1.43. The van der Waals surface area contributed by atoms with Gasteiger partial charge in [0.15, 0.2) is 0 Å². The molecule has 1 saturated heterocycles. The molecular weight excluding hydrogens is 447 g/mol. The zero-order chi connectivity index (χ0) is 23.8. The fraction of sp³-hybridized carbons (Fsp3) is 0.435. The number of rotatable bonds is 4. The third kappa shape index (κ3) is 5.56. The normalized spacial score (nSPS) is 20.8. The lowest BCUT2D eigenvalue weighted by molar-refractivity contribution is -0.00539. The van der Waals surface area contributed by atoms with Crippen molar-refractivity contribution in [2.45, 2.75) is 39.0 Å². The molecule has 0 unspecified atom stereocenters. The number of morpholine rings is 1. The van der Waals surface area contributed by atoms with Crippen LogP contribution in [-0.2, 0) is 27.7 Å². The number of nitrogens with zero attached hydrogens (tertiary/aromatic N) is 2. The molecule has 2 aromatic rings. The van der Waals surface area contributed by atoms with Crippen LogP contribution in [0.1, 0.15) is 25.0 Å². The Morgan fingerprint density at radius 1 is 1.15 bits per heavy atom. The number of amides is 2. The lowest BCUT2D eigenvalue weighted by atomic mass is 9.98. The molecule has 2 atom stereocenters. The second-order valence-electron chi connectivity index (χ2n) is 8.75. The minimum atomic E-state index is -3.39. The van der Waals surface area contributed by atoms with Gasteiger partial charge in [0.25, 0.3) is 0 Å². The van der Waals surface area contributed by atoms with Gasteiger partial charge in [-0.25, -0.2) is 17.6 Å². The summed E-state index contributed by atoms with van der Waals surface area (Å²) in [5, 5.41) is 2.78. The predicted molar refractivity (Wildman–Crippen MR) is 127 cm³/mol. The zero-order valence-electron chi connectivity index (χ0n) is 19.0. The number of hydrogen-bond donors (Lipinski definition) is 2. The van der Waals surface area contributed by atoms with Crippen molar-refractivity contribution >= 4 is 33.1 Å². The number of carbonyl (C=O) groups excluding carboxylic acids is 1. The number of ether oxygens (including phenoxy) is 1. The number of nitrogens with one attached hydrogen (secondary N) is 2. The van der Waals surface area contributed by atoms with Crippen molar-refractivity contribution < 1.29 is 22.3 Å². The highest BCUT2D eigenvalue weighted by molar-refractivity contribution is 7.92. The van der Waals surface area contributed by atoms with Gasteiger partial charge in [0.1, 0.15) is 5.82 Å². The molecule has 4 rings (SSSR count). The third-order valence-corrected chi connectivity index (χ3v) is 6.40. The van der Waals surface area contributed by atoms with Crippen molar-refractivity contribution in [2.75, 3.05) is 40.8 Å². The highest BCUT2D eigenvalue weighted by Crippen LogP contribution is 2.29. The molecule has 8 nitrogen and oxygen atoms in total. The fourth-order valence-electron chi connectivity index (χ4n) is 4.50. The first-order chi connectivity index (χ1) is 15.6. The largest absolute Gasteiger partial charge is 0.372 e. The molecule has 33 heavy (non-hydrogen) atoms. The molecule has 178 valence electrons. The van der Waals surface area contributed by atoms with Crippen LogP contribution in [0.25, 0.3) is 0 Å². The molecule has 0 aliphatic carbocycles. The van der Waals surface area contributed by atoms with Crippen LogP contribution in [-0.4, -0.2) is 57.4 Å². The van der Waals surface area contributed by atoms with Gasteiger partial charge in [0, 0.05) is 31.9 Å². The summed E-state index contributed by atoms with van der Waals surface area (Å²) in [5.41, 5.74) is 3.18. The molecule has 0 radical (unpaired) electrons. The monoisotopic (exact) mass is 476 g/mol. The van der Waals surface area contributed by atoms with Crippen molar-refractivity contribution in [1.29, 1.82) is 0 Å².